The second-order valence-electron chi connectivity index (χ2n) is 3.86. The first-order valence-electron chi connectivity index (χ1n) is 5.12. The Labute approximate surface area is 97.6 Å². The van der Waals surface area contributed by atoms with Crippen LogP contribution in [0.2, 0.25) is 0 Å². The fourth-order valence-corrected chi connectivity index (χ4v) is 1.71. The molecule has 1 unspecified atom stereocenters. The van der Waals surface area contributed by atoms with E-state index in [1.54, 1.807) is 13.0 Å². The van der Waals surface area contributed by atoms with Gasteiger partial charge in [0, 0.05) is 11.8 Å². The summed E-state index contributed by atoms with van der Waals surface area (Å²) in [5.41, 5.74) is 1.09. The number of aliphatic hydroxyl groups is 1. The van der Waals surface area contributed by atoms with Crippen LogP contribution in [0, 0.1) is 18.6 Å². The summed E-state index contributed by atoms with van der Waals surface area (Å²) < 4.78 is 26.6. The Morgan fingerprint density at radius 1 is 1.24 bits per heavy atom. The van der Waals surface area contributed by atoms with Gasteiger partial charge in [0.2, 0.25) is 0 Å². The highest BCUT2D eigenvalue weighted by atomic mass is 19.1. The standard InChI is InChI=1S/C13H11F2NO/c1-8-4-9(6-10(14)5-8)13(17)11-2-3-16-7-12(11)15/h2-7,13,17H,1H3. The number of aromatic nitrogens is 1. The van der Waals surface area contributed by atoms with Crippen LogP contribution in [0.4, 0.5) is 8.78 Å². The molecule has 1 aromatic carbocycles. The SMILES string of the molecule is Cc1cc(F)cc(C(O)c2ccncc2F)c1. The normalized spacial score (nSPS) is 12.5. The van der Waals surface area contributed by atoms with Crippen molar-refractivity contribution >= 4 is 0 Å². The van der Waals surface area contributed by atoms with Gasteiger partial charge >= 0.3 is 0 Å². The van der Waals surface area contributed by atoms with Crippen molar-refractivity contribution in [3.63, 3.8) is 0 Å². The Morgan fingerprint density at radius 3 is 2.65 bits per heavy atom. The van der Waals surface area contributed by atoms with E-state index in [4.69, 9.17) is 0 Å². The fourth-order valence-electron chi connectivity index (χ4n) is 1.71. The van der Waals surface area contributed by atoms with Crippen LogP contribution >= 0.6 is 0 Å². The van der Waals surface area contributed by atoms with Gasteiger partial charge in [-0.2, -0.15) is 0 Å². The number of aliphatic hydroxyl groups excluding tert-OH is 1. The Hall–Kier alpha value is -1.81. The average molecular weight is 235 g/mol. The Bertz CT molecular complexity index is 522. The Balaban J connectivity index is 2.43. The highest BCUT2D eigenvalue weighted by Gasteiger charge is 2.15. The van der Waals surface area contributed by atoms with Gasteiger partial charge in [0.25, 0.3) is 0 Å². The van der Waals surface area contributed by atoms with E-state index < -0.39 is 17.7 Å². The number of pyridine rings is 1. The number of benzene rings is 1. The highest BCUT2D eigenvalue weighted by molar-refractivity contribution is 5.32. The van der Waals surface area contributed by atoms with Gasteiger partial charge < -0.3 is 5.11 Å². The van der Waals surface area contributed by atoms with E-state index >= 15 is 0 Å². The van der Waals surface area contributed by atoms with Crippen LogP contribution in [0.15, 0.2) is 36.7 Å². The second kappa shape index (κ2) is 4.59. The summed E-state index contributed by atoms with van der Waals surface area (Å²) in [7, 11) is 0. The van der Waals surface area contributed by atoms with E-state index in [0.29, 0.717) is 11.1 Å². The summed E-state index contributed by atoms with van der Waals surface area (Å²) in [6, 6.07) is 5.53. The van der Waals surface area contributed by atoms with Crippen molar-refractivity contribution < 1.29 is 13.9 Å². The lowest BCUT2D eigenvalue weighted by Gasteiger charge is -2.12. The predicted octanol–water partition coefficient (Wildman–Crippen LogP) is 2.75. The molecule has 0 bridgehead atoms. The van der Waals surface area contributed by atoms with E-state index in [1.807, 2.05) is 0 Å². The molecule has 0 fully saturated rings. The van der Waals surface area contributed by atoms with Gasteiger partial charge in [-0.15, -0.1) is 0 Å². The van der Waals surface area contributed by atoms with Crippen molar-refractivity contribution in [3.05, 3.63) is 65.0 Å². The lowest BCUT2D eigenvalue weighted by atomic mass is 10.0. The van der Waals surface area contributed by atoms with Gasteiger partial charge in [-0.05, 0) is 36.2 Å². The maximum absolute atomic E-state index is 13.4. The minimum Gasteiger partial charge on any atom is -0.384 e. The molecule has 2 nitrogen and oxygen atoms in total. The van der Waals surface area contributed by atoms with Crippen LogP contribution in [0.3, 0.4) is 0 Å². The molecule has 0 spiro atoms. The van der Waals surface area contributed by atoms with Crippen LogP contribution in [-0.2, 0) is 0 Å². The minimum absolute atomic E-state index is 0.0880. The lowest BCUT2D eigenvalue weighted by molar-refractivity contribution is 0.214. The molecule has 4 heteroatoms. The van der Waals surface area contributed by atoms with Crippen molar-refractivity contribution in [1.29, 1.82) is 0 Å². The van der Waals surface area contributed by atoms with Gasteiger partial charge in [0.1, 0.15) is 17.7 Å². The van der Waals surface area contributed by atoms with E-state index in [9.17, 15) is 13.9 Å². The van der Waals surface area contributed by atoms with Gasteiger partial charge in [-0.25, -0.2) is 8.78 Å². The van der Waals surface area contributed by atoms with E-state index in [1.165, 1.54) is 24.4 Å². The summed E-state index contributed by atoms with van der Waals surface area (Å²) in [4.78, 5) is 3.60. The molecule has 1 atom stereocenters. The molecule has 0 amide bonds. The van der Waals surface area contributed by atoms with Crippen LogP contribution in [-0.4, -0.2) is 10.1 Å². The van der Waals surface area contributed by atoms with Gasteiger partial charge in [-0.3, -0.25) is 4.98 Å². The fraction of sp³-hybridized carbons (Fsp3) is 0.154. The third-order valence-electron chi connectivity index (χ3n) is 2.48. The molecule has 1 N–H and O–H groups in total. The van der Waals surface area contributed by atoms with Crippen molar-refractivity contribution in [1.82, 2.24) is 4.98 Å². The van der Waals surface area contributed by atoms with Crippen molar-refractivity contribution in [2.75, 3.05) is 0 Å². The summed E-state index contributed by atoms with van der Waals surface area (Å²) in [5, 5.41) is 9.99. The zero-order valence-electron chi connectivity index (χ0n) is 9.19. The molecule has 88 valence electrons. The quantitative estimate of drug-likeness (QED) is 0.868. The predicted molar refractivity (Wildman–Crippen MR) is 59.4 cm³/mol. The number of aryl methyl sites for hydroxylation is 1. The molecule has 0 saturated carbocycles. The van der Waals surface area contributed by atoms with Crippen molar-refractivity contribution in [3.8, 4) is 0 Å². The van der Waals surface area contributed by atoms with E-state index in [2.05, 4.69) is 4.98 Å². The molecule has 0 saturated heterocycles. The molecular formula is C13H11F2NO. The highest BCUT2D eigenvalue weighted by Crippen LogP contribution is 2.25. The largest absolute Gasteiger partial charge is 0.384 e. The number of hydrogen-bond donors (Lipinski definition) is 1. The molecule has 0 aliphatic rings. The molecule has 1 aromatic heterocycles. The van der Waals surface area contributed by atoms with Crippen molar-refractivity contribution in [2.45, 2.75) is 13.0 Å². The molecule has 0 aliphatic heterocycles. The van der Waals surface area contributed by atoms with Crippen LogP contribution in [0.1, 0.15) is 22.8 Å². The number of nitrogens with zero attached hydrogens (tertiary/aromatic N) is 1. The Kier molecular flexibility index (Phi) is 3.15. The van der Waals surface area contributed by atoms with Crippen molar-refractivity contribution in [2.24, 2.45) is 0 Å². The molecule has 17 heavy (non-hydrogen) atoms. The van der Waals surface area contributed by atoms with E-state index in [-0.39, 0.29) is 5.56 Å². The Morgan fingerprint density at radius 2 is 2.00 bits per heavy atom. The van der Waals surface area contributed by atoms with Gasteiger partial charge in [0.05, 0.1) is 6.20 Å². The molecule has 1 heterocycles. The number of hydrogen-bond acceptors (Lipinski definition) is 2. The molecule has 0 radical (unpaired) electrons. The zero-order chi connectivity index (χ0) is 12.4. The third-order valence-corrected chi connectivity index (χ3v) is 2.48. The third kappa shape index (κ3) is 2.47. The summed E-state index contributed by atoms with van der Waals surface area (Å²) in [6.45, 7) is 1.71. The smallest absolute Gasteiger partial charge is 0.147 e. The molecule has 2 aromatic rings. The monoisotopic (exact) mass is 235 g/mol. The van der Waals surface area contributed by atoms with Gasteiger partial charge in [0.15, 0.2) is 0 Å². The first-order valence-corrected chi connectivity index (χ1v) is 5.12. The van der Waals surface area contributed by atoms with Crippen LogP contribution in [0.25, 0.3) is 0 Å². The number of rotatable bonds is 2. The number of halogens is 2. The first-order chi connectivity index (χ1) is 8.08. The zero-order valence-corrected chi connectivity index (χ0v) is 9.19. The van der Waals surface area contributed by atoms with Crippen LogP contribution < -0.4 is 0 Å². The maximum atomic E-state index is 13.4. The second-order valence-corrected chi connectivity index (χ2v) is 3.86. The van der Waals surface area contributed by atoms with Crippen LogP contribution in [0.5, 0.6) is 0 Å². The molecular weight excluding hydrogens is 224 g/mol. The molecule has 0 aliphatic carbocycles. The first kappa shape index (κ1) is 11.7. The minimum atomic E-state index is -1.19. The summed E-state index contributed by atoms with van der Waals surface area (Å²) >= 11 is 0. The maximum Gasteiger partial charge on any atom is 0.147 e. The summed E-state index contributed by atoms with van der Waals surface area (Å²) in [5.74, 6) is -1.06. The lowest BCUT2D eigenvalue weighted by Crippen LogP contribution is -2.03. The van der Waals surface area contributed by atoms with E-state index in [0.717, 1.165) is 6.20 Å². The van der Waals surface area contributed by atoms with Gasteiger partial charge in [-0.1, -0.05) is 6.07 Å². The summed E-state index contributed by atoms with van der Waals surface area (Å²) in [6.07, 6.45) is 1.21. The molecule has 2 rings (SSSR count). The topological polar surface area (TPSA) is 33.1 Å². The average Bonchev–Trinajstić information content (AvgIpc) is 2.27.